The number of piperidine rings is 1. The van der Waals surface area contributed by atoms with Gasteiger partial charge in [-0.2, -0.15) is 0 Å². The SMILES string of the molecule is CNCC(=O)N1CCCC(N2CCN(c3ccccc3F)CC2)C1.Cl.Cl. The van der Waals surface area contributed by atoms with Crippen molar-refractivity contribution in [3.05, 3.63) is 30.1 Å². The zero-order chi connectivity index (χ0) is 16.9. The molecule has 1 N–H and O–H groups in total. The lowest BCUT2D eigenvalue weighted by molar-refractivity contribution is -0.132. The second-order valence-corrected chi connectivity index (χ2v) is 6.64. The van der Waals surface area contributed by atoms with E-state index in [0.717, 1.165) is 52.1 Å². The quantitative estimate of drug-likeness (QED) is 0.829. The Morgan fingerprint density at radius 1 is 1.15 bits per heavy atom. The van der Waals surface area contributed by atoms with Crippen molar-refractivity contribution < 1.29 is 9.18 Å². The predicted octanol–water partition coefficient (Wildman–Crippen LogP) is 2.00. The third-order valence-electron chi connectivity index (χ3n) is 5.10. The van der Waals surface area contributed by atoms with Gasteiger partial charge < -0.3 is 15.1 Å². The largest absolute Gasteiger partial charge is 0.367 e. The fourth-order valence-electron chi connectivity index (χ4n) is 3.78. The van der Waals surface area contributed by atoms with Crippen molar-refractivity contribution in [3.8, 4) is 0 Å². The van der Waals surface area contributed by atoms with Crippen LogP contribution < -0.4 is 10.2 Å². The molecule has 1 atom stereocenters. The van der Waals surface area contributed by atoms with Crippen LogP contribution in [0.5, 0.6) is 0 Å². The van der Waals surface area contributed by atoms with Gasteiger partial charge in [-0.15, -0.1) is 24.8 Å². The molecule has 0 spiro atoms. The number of rotatable bonds is 4. The molecule has 2 aliphatic heterocycles. The predicted molar refractivity (Wildman–Crippen MR) is 108 cm³/mol. The zero-order valence-corrected chi connectivity index (χ0v) is 16.8. The van der Waals surface area contributed by atoms with Gasteiger partial charge in [0.1, 0.15) is 5.82 Å². The van der Waals surface area contributed by atoms with Crippen molar-refractivity contribution in [3.63, 3.8) is 0 Å². The van der Waals surface area contributed by atoms with Crippen LogP contribution in [0.15, 0.2) is 24.3 Å². The van der Waals surface area contributed by atoms with Crippen LogP contribution in [0.1, 0.15) is 12.8 Å². The van der Waals surface area contributed by atoms with E-state index in [1.54, 1.807) is 13.1 Å². The van der Waals surface area contributed by atoms with E-state index in [1.807, 2.05) is 17.0 Å². The number of amides is 1. The molecule has 2 aliphatic rings. The molecule has 5 nitrogen and oxygen atoms in total. The molecule has 0 bridgehead atoms. The number of hydrogen-bond acceptors (Lipinski definition) is 4. The second kappa shape index (κ2) is 10.9. The van der Waals surface area contributed by atoms with Crippen LogP contribution in [0.4, 0.5) is 10.1 Å². The molecule has 1 amide bonds. The lowest BCUT2D eigenvalue weighted by atomic mass is 10.0. The summed E-state index contributed by atoms with van der Waals surface area (Å²) >= 11 is 0. The molecular weight excluding hydrogens is 378 g/mol. The fraction of sp³-hybridized carbons (Fsp3) is 0.611. The van der Waals surface area contributed by atoms with Crippen molar-refractivity contribution in [2.24, 2.45) is 0 Å². The number of likely N-dealkylation sites (N-methyl/N-ethyl adjacent to an activating group) is 1. The number of hydrogen-bond donors (Lipinski definition) is 1. The van der Waals surface area contributed by atoms with E-state index in [9.17, 15) is 9.18 Å². The summed E-state index contributed by atoms with van der Waals surface area (Å²) in [6, 6.07) is 7.42. The number of benzene rings is 1. The van der Waals surface area contributed by atoms with Crippen LogP contribution in [-0.2, 0) is 4.79 Å². The minimum absolute atomic E-state index is 0. The Morgan fingerprint density at radius 2 is 1.85 bits per heavy atom. The molecule has 2 saturated heterocycles. The first-order valence-electron chi connectivity index (χ1n) is 8.85. The van der Waals surface area contributed by atoms with E-state index in [2.05, 4.69) is 15.1 Å². The average molecular weight is 407 g/mol. The normalized spacial score (nSPS) is 20.9. The Kier molecular flexibility index (Phi) is 9.64. The minimum Gasteiger partial charge on any atom is -0.367 e. The van der Waals surface area contributed by atoms with Crippen molar-refractivity contribution in [2.75, 3.05) is 57.8 Å². The van der Waals surface area contributed by atoms with Gasteiger partial charge in [-0.25, -0.2) is 4.39 Å². The Hall–Kier alpha value is -1.08. The van der Waals surface area contributed by atoms with Gasteiger partial charge in [-0.05, 0) is 32.0 Å². The molecule has 3 rings (SSSR count). The Balaban J connectivity index is 0.00000169. The van der Waals surface area contributed by atoms with E-state index < -0.39 is 0 Å². The van der Waals surface area contributed by atoms with Gasteiger partial charge in [0.25, 0.3) is 0 Å². The molecule has 2 heterocycles. The highest BCUT2D eigenvalue weighted by Gasteiger charge is 2.30. The molecule has 26 heavy (non-hydrogen) atoms. The highest BCUT2D eigenvalue weighted by atomic mass is 35.5. The number of para-hydroxylation sites is 1. The second-order valence-electron chi connectivity index (χ2n) is 6.64. The third kappa shape index (κ3) is 5.46. The Bertz CT molecular complexity index is 570. The molecule has 1 unspecified atom stereocenters. The van der Waals surface area contributed by atoms with Crippen molar-refractivity contribution in [2.45, 2.75) is 18.9 Å². The van der Waals surface area contributed by atoms with Gasteiger partial charge in [0.15, 0.2) is 0 Å². The number of anilines is 1. The summed E-state index contributed by atoms with van der Waals surface area (Å²) in [5.74, 6) is 0.0413. The number of carbonyl (C=O) groups is 1. The van der Waals surface area contributed by atoms with Gasteiger partial charge in [-0.1, -0.05) is 12.1 Å². The van der Waals surface area contributed by atoms with E-state index in [0.29, 0.717) is 18.3 Å². The van der Waals surface area contributed by atoms with Crippen LogP contribution in [0.25, 0.3) is 0 Å². The Labute approximate surface area is 167 Å². The summed E-state index contributed by atoms with van der Waals surface area (Å²) in [5, 5.41) is 2.94. The first-order valence-corrected chi connectivity index (χ1v) is 8.85. The summed E-state index contributed by atoms with van der Waals surface area (Å²) in [7, 11) is 1.81. The number of halogens is 3. The van der Waals surface area contributed by atoms with Crippen LogP contribution in [0, 0.1) is 5.82 Å². The first kappa shape index (κ1) is 23.0. The van der Waals surface area contributed by atoms with Gasteiger partial charge in [0.05, 0.1) is 12.2 Å². The molecule has 148 valence electrons. The lowest BCUT2D eigenvalue weighted by Gasteiger charge is -2.44. The van der Waals surface area contributed by atoms with Crippen molar-refractivity contribution >= 4 is 36.4 Å². The van der Waals surface area contributed by atoms with Gasteiger partial charge in [-0.3, -0.25) is 9.69 Å². The van der Waals surface area contributed by atoms with Crippen LogP contribution >= 0.6 is 24.8 Å². The number of carbonyl (C=O) groups excluding carboxylic acids is 1. The van der Waals surface area contributed by atoms with Crippen LogP contribution in [-0.4, -0.2) is 74.6 Å². The molecule has 0 aromatic heterocycles. The number of likely N-dealkylation sites (tertiary alicyclic amines) is 1. The van der Waals surface area contributed by atoms with E-state index in [-0.39, 0.29) is 36.5 Å². The highest BCUT2D eigenvalue weighted by molar-refractivity contribution is 5.85. The van der Waals surface area contributed by atoms with Crippen molar-refractivity contribution in [1.29, 1.82) is 0 Å². The standard InChI is InChI=1S/C18H27FN4O.2ClH/c1-20-13-18(24)23-8-4-5-15(14-23)21-9-11-22(12-10-21)17-7-3-2-6-16(17)19;;/h2-3,6-7,15,20H,4-5,8-14H2,1H3;2*1H. The number of nitrogens with zero attached hydrogens (tertiary/aromatic N) is 3. The molecule has 1 aromatic rings. The number of piperazine rings is 1. The smallest absolute Gasteiger partial charge is 0.236 e. The van der Waals surface area contributed by atoms with E-state index >= 15 is 0 Å². The maximum atomic E-state index is 13.9. The molecule has 0 saturated carbocycles. The maximum Gasteiger partial charge on any atom is 0.236 e. The molecule has 2 fully saturated rings. The Morgan fingerprint density at radius 3 is 2.50 bits per heavy atom. The van der Waals surface area contributed by atoms with Gasteiger partial charge >= 0.3 is 0 Å². The summed E-state index contributed by atoms with van der Waals surface area (Å²) in [6.45, 7) is 5.62. The molecule has 1 aromatic carbocycles. The molecule has 0 aliphatic carbocycles. The molecule has 8 heteroatoms. The number of nitrogens with one attached hydrogen (secondary N) is 1. The summed E-state index contributed by atoms with van der Waals surface area (Å²) in [5.41, 5.74) is 0.701. The maximum absolute atomic E-state index is 13.9. The molecule has 0 radical (unpaired) electrons. The van der Waals surface area contributed by atoms with Crippen LogP contribution in [0.2, 0.25) is 0 Å². The molecular formula is C18H29Cl2FN4O. The van der Waals surface area contributed by atoms with E-state index in [4.69, 9.17) is 0 Å². The van der Waals surface area contributed by atoms with E-state index in [1.165, 1.54) is 6.07 Å². The summed E-state index contributed by atoms with van der Waals surface area (Å²) in [4.78, 5) is 18.7. The minimum atomic E-state index is -0.146. The zero-order valence-electron chi connectivity index (χ0n) is 15.2. The monoisotopic (exact) mass is 406 g/mol. The van der Waals surface area contributed by atoms with Gasteiger partial charge in [0.2, 0.25) is 5.91 Å². The summed E-state index contributed by atoms with van der Waals surface area (Å²) in [6.07, 6.45) is 2.21. The third-order valence-corrected chi connectivity index (χ3v) is 5.10. The lowest BCUT2D eigenvalue weighted by Crippen LogP contribution is -2.56. The van der Waals surface area contributed by atoms with Crippen molar-refractivity contribution in [1.82, 2.24) is 15.1 Å². The average Bonchev–Trinajstić information content (AvgIpc) is 2.63. The highest BCUT2D eigenvalue weighted by Crippen LogP contribution is 2.23. The van der Waals surface area contributed by atoms with Crippen LogP contribution in [0.3, 0.4) is 0 Å². The van der Waals surface area contributed by atoms with Gasteiger partial charge in [0, 0.05) is 45.3 Å². The first-order chi connectivity index (χ1) is 11.7. The summed E-state index contributed by atoms with van der Waals surface area (Å²) < 4.78 is 13.9. The topological polar surface area (TPSA) is 38.8 Å². The fourth-order valence-corrected chi connectivity index (χ4v) is 3.78.